The van der Waals surface area contributed by atoms with Gasteiger partial charge in [-0.05, 0) is 18.2 Å². The fourth-order valence-corrected chi connectivity index (χ4v) is 3.82. The highest BCUT2D eigenvalue weighted by Crippen LogP contribution is 2.38. The van der Waals surface area contributed by atoms with Gasteiger partial charge in [-0.15, -0.1) is 0 Å². The SMILES string of the molecule is COC(=O)C[C@@H](C1=C(O)c2ccccc2C(=O)C1=O)c1coc2ccc(OC)cc2c1=O. The Balaban J connectivity index is 1.98. The first-order chi connectivity index (χ1) is 15.4. The zero-order chi connectivity index (χ0) is 23.0. The number of aliphatic hydroxyl groups excluding tert-OH is 1. The zero-order valence-corrected chi connectivity index (χ0v) is 17.2. The van der Waals surface area contributed by atoms with Crippen molar-refractivity contribution < 1.29 is 33.4 Å². The fraction of sp³-hybridized carbons (Fsp3) is 0.167. The molecule has 2 aromatic carbocycles. The summed E-state index contributed by atoms with van der Waals surface area (Å²) in [5.74, 6) is -3.90. The summed E-state index contributed by atoms with van der Waals surface area (Å²) in [5.41, 5.74) is -0.490. The van der Waals surface area contributed by atoms with Crippen molar-refractivity contribution in [1.29, 1.82) is 0 Å². The van der Waals surface area contributed by atoms with Crippen molar-refractivity contribution >= 4 is 34.3 Å². The molecule has 8 heteroatoms. The number of benzene rings is 2. The average molecular weight is 434 g/mol. The summed E-state index contributed by atoms with van der Waals surface area (Å²) in [6.45, 7) is 0. The summed E-state index contributed by atoms with van der Waals surface area (Å²) in [7, 11) is 2.60. The predicted octanol–water partition coefficient (Wildman–Crippen LogP) is 3.18. The number of fused-ring (bicyclic) bond motifs is 2. The van der Waals surface area contributed by atoms with Crippen molar-refractivity contribution in [3.63, 3.8) is 0 Å². The monoisotopic (exact) mass is 434 g/mol. The van der Waals surface area contributed by atoms with Gasteiger partial charge in [0.1, 0.15) is 17.1 Å². The van der Waals surface area contributed by atoms with E-state index in [2.05, 4.69) is 0 Å². The largest absolute Gasteiger partial charge is 0.507 e. The van der Waals surface area contributed by atoms with Gasteiger partial charge in [-0.2, -0.15) is 0 Å². The molecule has 0 bridgehead atoms. The van der Waals surface area contributed by atoms with E-state index in [1.54, 1.807) is 24.3 Å². The molecular weight excluding hydrogens is 416 g/mol. The van der Waals surface area contributed by atoms with Gasteiger partial charge in [0.05, 0.1) is 37.9 Å². The molecule has 0 radical (unpaired) electrons. The minimum Gasteiger partial charge on any atom is -0.507 e. The molecule has 0 saturated heterocycles. The molecule has 1 aromatic heterocycles. The first-order valence-electron chi connectivity index (χ1n) is 9.65. The molecule has 1 heterocycles. The lowest BCUT2D eigenvalue weighted by Gasteiger charge is -2.24. The highest BCUT2D eigenvalue weighted by Gasteiger charge is 2.39. The molecule has 8 nitrogen and oxygen atoms in total. The second kappa shape index (κ2) is 8.14. The molecule has 1 atom stereocenters. The first kappa shape index (κ1) is 21.0. The van der Waals surface area contributed by atoms with Crippen molar-refractivity contribution in [1.82, 2.24) is 0 Å². The van der Waals surface area contributed by atoms with E-state index in [9.17, 15) is 24.3 Å². The first-order valence-corrected chi connectivity index (χ1v) is 9.65. The van der Waals surface area contributed by atoms with Gasteiger partial charge in [0.2, 0.25) is 11.6 Å². The van der Waals surface area contributed by atoms with Gasteiger partial charge in [0.15, 0.2) is 5.43 Å². The van der Waals surface area contributed by atoms with Crippen LogP contribution < -0.4 is 10.2 Å². The summed E-state index contributed by atoms with van der Waals surface area (Å²) in [4.78, 5) is 51.2. The van der Waals surface area contributed by atoms with Crippen LogP contribution in [-0.2, 0) is 14.3 Å². The van der Waals surface area contributed by atoms with Crippen LogP contribution in [0.15, 0.2) is 63.5 Å². The third kappa shape index (κ3) is 3.35. The van der Waals surface area contributed by atoms with Gasteiger partial charge in [-0.3, -0.25) is 19.2 Å². The van der Waals surface area contributed by atoms with Crippen LogP contribution in [0.1, 0.15) is 33.8 Å². The van der Waals surface area contributed by atoms with Crippen molar-refractivity contribution in [2.24, 2.45) is 0 Å². The molecule has 32 heavy (non-hydrogen) atoms. The van der Waals surface area contributed by atoms with Crippen LogP contribution in [0.25, 0.3) is 16.7 Å². The van der Waals surface area contributed by atoms with E-state index < -0.39 is 41.1 Å². The van der Waals surface area contributed by atoms with Crippen LogP contribution >= 0.6 is 0 Å². The van der Waals surface area contributed by atoms with Crippen LogP contribution in [0.5, 0.6) is 5.75 Å². The Morgan fingerprint density at radius 3 is 2.44 bits per heavy atom. The van der Waals surface area contributed by atoms with Gasteiger partial charge in [0, 0.05) is 22.6 Å². The van der Waals surface area contributed by atoms with Crippen LogP contribution in [-0.4, -0.2) is 36.9 Å². The summed E-state index contributed by atoms with van der Waals surface area (Å²) in [5, 5.41) is 11.1. The van der Waals surface area contributed by atoms with E-state index in [0.29, 0.717) is 5.75 Å². The molecule has 0 saturated carbocycles. The number of allylic oxidation sites excluding steroid dienone is 1. The fourth-order valence-electron chi connectivity index (χ4n) is 3.82. The van der Waals surface area contributed by atoms with Gasteiger partial charge in [0.25, 0.3) is 0 Å². The summed E-state index contributed by atoms with van der Waals surface area (Å²) in [6, 6.07) is 10.7. The van der Waals surface area contributed by atoms with E-state index in [-0.39, 0.29) is 33.2 Å². The third-order valence-corrected chi connectivity index (χ3v) is 5.46. The number of ketones is 2. The lowest BCUT2D eigenvalue weighted by Crippen LogP contribution is -2.30. The number of Topliss-reactive ketones (excluding diaryl/α,β-unsaturated/α-hetero) is 2. The molecule has 0 spiro atoms. The lowest BCUT2D eigenvalue weighted by atomic mass is 9.78. The summed E-state index contributed by atoms with van der Waals surface area (Å²) < 4.78 is 15.5. The number of rotatable bonds is 5. The highest BCUT2D eigenvalue weighted by molar-refractivity contribution is 6.52. The molecule has 0 fully saturated rings. The standard InChI is InChI=1S/C24H18O8/c1-30-12-7-8-18-16(9-12)21(26)17(11-32-18)15(10-19(25)31-2)20-22(27)13-5-3-4-6-14(13)23(28)24(20)29/h3-9,11,15,27H,10H2,1-2H3/t15-/m1/s1. The van der Waals surface area contributed by atoms with Crippen LogP contribution in [0.3, 0.4) is 0 Å². The van der Waals surface area contributed by atoms with E-state index in [1.807, 2.05) is 0 Å². The predicted molar refractivity (Wildman–Crippen MR) is 114 cm³/mol. The molecule has 1 aliphatic carbocycles. The van der Waals surface area contributed by atoms with Gasteiger partial charge >= 0.3 is 5.97 Å². The Kier molecular flexibility index (Phi) is 5.36. The molecule has 0 amide bonds. The Morgan fingerprint density at radius 2 is 1.75 bits per heavy atom. The van der Waals surface area contributed by atoms with Crippen LogP contribution in [0.2, 0.25) is 0 Å². The van der Waals surface area contributed by atoms with E-state index in [1.165, 1.54) is 25.3 Å². The number of hydrogen-bond acceptors (Lipinski definition) is 8. The molecule has 4 rings (SSSR count). The quantitative estimate of drug-likeness (QED) is 0.480. The number of hydrogen-bond donors (Lipinski definition) is 1. The van der Waals surface area contributed by atoms with E-state index >= 15 is 0 Å². The van der Waals surface area contributed by atoms with Crippen molar-refractivity contribution in [2.45, 2.75) is 12.3 Å². The summed E-state index contributed by atoms with van der Waals surface area (Å²) >= 11 is 0. The van der Waals surface area contributed by atoms with Gasteiger partial charge in [-0.25, -0.2) is 0 Å². The van der Waals surface area contributed by atoms with Crippen LogP contribution in [0.4, 0.5) is 0 Å². The maximum Gasteiger partial charge on any atom is 0.306 e. The molecule has 162 valence electrons. The summed E-state index contributed by atoms with van der Waals surface area (Å²) in [6.07, 6.45) is 0.667. The normalized spacial score (nSPS) is 14.3. The third-order valence-electron chi connectivity index (χ3n) is 5.46. The molecule has 0 aliphatic heterocycles. The Hall–Kier alpha value is -4.20. The Morgan fingerprint density at radius 1 is 1.03 bits per heavy atom. The number of esters is 1. The number of carbonyl (C=O) groups is 3. The number of methoxy groups -OCH3 is 2. The van der Waals surface area contributed by atoms with Crippen LogP contribution in [0, 0.1) is 0 Å². The topological polar surface area (TPSA) is 120 Å². The zero-order valence-electron chi connectivity index (χ0n) is 17.2. The van der Waals surface area contributed by atoms with Crippen molar-refractivity contribution in [3.8, 4) is 5.75 Å². The van der Waals surface area contributed by atoms with Crippen molar-refractivity contribution in [2.75, 3.05) is 14.2 Å². The molecular formula is C24H18O8. The van der Waals surface area contributed by atoms with Crippen molar-refractivity contribution in [3.05, 3.63) is 81.2 Å². The smallest absolute Gasteiger partial charge is 0.306 e. The van der Waals surface area contributed by atoms with E-state index in [0.717, 1.165) is 13.4 Å². The molecule has 3 aromatic rings. The Labute approximate surface area is 181 Å². The highest BCUT2D eigenvalue weighted by atomic mass is 16.5. The lowest BCUT2D eigenvalue weighted by molar-refractivity contribution is -0.140. The maximum atomic E-state index is 13.3. The van der Waals surface area contributed by atoms with Gasteiger partial charge < -0.3 is 19.0 Å². The Bertz CT molecular complexity index is 1360. The van der Waals surface area contributed by atoms with Gasteiger partial charge in [-0.1, -0.05) is 24.3 Å². The number of ether oxygens (including phenoxy) is 2. The number of carbonyl (C=O) groups excluding carboxylic acids is 3. The molecule has 0 unspecified atom stereocenters. The second-order valence-electron chi connectivity index (χ2n) is 7.18. The molecule has 1 aliphatic rings. The molecule has 1 N–H and O–H groups in total. The second-order valence-corrected chi connectivity index (χ2v) is 7.18. The van der Waals surface area contributed by atoms with E-state index in [4.69, 9.17) is 13.9 Å². The number of aliphatic hydroxyl groups is 1. The minimum atomic E-state index is -1.26. The maximum absolute atomic E-state index is 13.3. The average Bonchev–Trinajstić information content (AvgIpc) is 2.82. The minimum absolute atomic E-state index is 0.0471.